The molecule has 2 aromatic carbocycles. The second-order valence-electron chi connectivity index (χ2n) is 10.4. The predicted molar refractivity (Wildman–Crippen MR) is 160 cm³/mol. The number of ether oxygens (including phenoxy) is 2. The van der Waals surface area contributed by atoms with Gasteiger partial charge in [-0.1, -0.05) is 60.7 Å². The third-order valence-electron chi connectivity index (χ3n) is 7.39. The predicted octanol–water partition coefficient (Wildman–Crippen LogP) is 3.04. The molecule has 214 valence electrons. The van der Waals surface area contributed by atoms with E-state index >= 15 is 0 Å². The molecule has 4 heterocycles. The Morgan fingerprint density at radius 1 is 1.20 bits per heavy atom. The summed E-state index contributed by atoms with van der Waals surface area (Å²) in [4.78, 5) is 33.4. The Kier molecular flexibility index (Phi) is 7.84. The average molecular weight is 593 g/mol. The number of nitrogens with zero attached hydrogens (tertiary/aromatic N) is 4. The van der Waals surface area contributed by atoms with Gasteiger partial charge in [0.05, 0.1) is 11.2 Å². The molecule has 1 amide bonds. The minimum atomic E-state index is -0.956. The second-order valence-corrected chi connectivity index (χ2v) is 12.5. The number of allylic oxidation sites excluding steroid dienone is 1. The largest absolute Gasteiger partial charge is 0.452 e. The molecule has 2 aromatic rings. The fraction of sp³-hybridized carbons (Fsp3) is 0.345. The molecule has 0 aliphatic carbocycles. The number of nitrogens with two attached hydrogens (primary N) is 1. The number of carbonyl (C=O) groups is 2. The number of esters is 1. The third kappa shape index (κ3) is 5.38. The number of fused-ring (bicyclic) bond motifs is 2. The molecule has 4 aliphatic rings. The fourth-order valence-electron chi connectivity index (χ4n) is 5.24. The van der Waals surface area contributed by atoms with Crippen LogP contribution in [0.25, 0.3) is 0 Å². The van der Waals surface area contributed by atoms with Crippen molar-refractivity contribution < 1.29 is 19.1 Å². The quantitative estimate of drug-likeness (QED) is 0.333. The smallest absolute Gasteiger partial charge is 0.316 e. The van der Waals surface area contributed by atoms with Crippen molar-refractivity contribution in [3.8, 4) is 0 Å². The molecule has 41 heavy (non-hydrogen) atoms. The Morgan fingerprint density at radius 3 is 2.54 bits per heavy atom. The first kappa shape index (κ1) is 27.9. The molecular weight excluding hydrogens is 560 g/mol. The van der Waals surface area contributed by atoms with E-state index in [2.05, 4.69) is 10.5 Å². The molecule has 6 rings (SSSR count). The Balaban J connectivity index is 1.28. The number of rotatable bonds is 9. The van der Waals surface area contributed by atoms with E-state index in [1.807, 2.05) is 84.9 Å². The number of hydrazine groups is 2. The van der Waals surface area contributed by atoms with Gasteiger partial charge in [0.1, 0.15) is 23.6 Å². The maximum atomic E-state index is 14.3. The van der Waals surface area contributed by atoms with Crippen LogP contribution < -0.4 is 11.3 Å². The first-order chi connectivity index (χ1) is 19.9. The Bertz CT molecular complexity index is 1370. The number of carbonyl (C=O) groups excluding carboxylic acids is 2. The molecule has 12 heteroatoms. The van der Waals surface area contributed by atoms with Crippen LogP contribution in [0.5, 0.6) is 0 Å². The van der Waals surface area contributed by atoms with Crippen molar-refractivity contribution in [2.24, 2.45) is 16.1 Å². The minimum Gasteiger partial charge on any atom is -0.452 e. The van der Waals surface area contributed by atoms with Gasteiger partial charge in [0, 0.05) is 30.9 Å². The molecule has 2 unspecified atom stereocenters. The molecule has 0 spiro atoms. The van der Waals surface area contributed by atoms with Crippen LogP contribution in [-0.4, -0.2) is 75.8 Å². The van der Waals surface area contributed by atoms with Crippen molar-refractivity contribution in [3.05, 3.63) is 94.9 Å². The van der Waals surface area contributed by atoms with Gasteiger partial charge in [-0.2, -0.15) is 0 Å². The lowest BCUT2D eigenvalue weighted by Crippen LogP contribution is -2.72. The molecular formula is C29H32N6O4S2. The third-order valence-corrected chi connectivity index (χ3v) is 10.3. The summed E-state index contributed by atoms with van der Waals surface area (Å²) in [6.45, 7) is 2.54. The molecule has 3 N–H and O–H groups in total. The lowest BCUT2D eigenvalue weighted by atomic mass is 9.89. The number of β-lactam (4-membered cyclic amide) rings is 1. The molecule has 0 bridgehead atoms. The zero-order valence-electron chi connectivity index (χ0n) is 22.8. The summed E-state index contributed by atoms with van der Waals surface area (Å²) in [5.41, 5.74) is 11.0. The summed E-state index contributed by atoms with van der Waals surface area (Å²) >= 11 is 3.08. The van der Waals surface area contributed by atoms with Crippen LogP contribution in [0.4, 0.5) is 0 Å². The van der Waals surface area contributed by atoms with E-state index in [1.165, 1.54) is 11.8 Å². The van der Waals surface area contributed by atoms with E-state index in [9.17, 15) is 9.59 Å². The maximum absolute atomic E-state index is 14.3. The van der Waals surface area contributed by atoms with E-state index in [0.717, 1.165) is 27.7 Å². The summed E-state index contributed by atoms with van der Waals surface area (Å²) in [6.07, 6.45) is 3.27. The van der Waals surface area contributed by atoms with Crippen LogP contribution in [0.1, 0.15) is 24.2 Å². The summed E-state index contributed by atoms with van der Waals surface area (Å²) in [7, 11) is 1.63. The summed E-state index contributed by atoms with van der Waals surface area (Å²) < 4.78 is 11.6. The van der Waals surface area contributed by atoms with Gasteiger partial charge >= 0.3 is 5.97 Å². The van der Waals surface area contributed by atoms with Gasteiger partial charge in [0.15, 0.2) is 11.9 Å². The first-order valence-corrected chi connectivity index (χ1v) is 15.3. The number of amides is 1. The highest BCUT2D eigenvalue weighted by molar-refractivity contribution is 8.03. The summed E-state index contributed by atoms with van der Waals surface area (Å²) in [6, 6.07) is 18.9. The van der Waals surface area contributed by atoms with Crippen LogP contribution >= 0.6 is 23.5 Å². The average Bonchev–Trinajstić information content (AvgIpc) is 3.41. The van der Waals surface area contributed by atoms with Gasteiger partial charge in [0.25, 0.3) is 0 Å². The highest BCUT2D eigenvalue weighted by Gasteiger charge is 2.56. The Labute approximate surface area is 247 Å². The second kappa shape index (κ2) is 11.5. The molecule has 0 aromatic heterocycles. The Hall–Kier alpha value is -3.29. The highest BCUT2D eigenvalue weighted by Crippen LogP contribution is 2.46. The van der Waals surface area contributed by atoms with Crippen LogP contribution in [0.2, 0.25) is 0 Å². The lowest BCUT2D eigenvalue weighted by Gasteiger charge is -2.53. The van der Waals surface area contributed by atoms with E-state index < -0.39 is 17.6 Å². The fourth-order valence-corrected chi connectivity index (χ4v) is 8.11. The van der Waals surface area contributed by atoms with Gasteiger partial charge in [-0.15, -0.1) is 29.1 Å². The lowest BCUT2D eigenvalue weighted by molar-refractivity contribution is -0.163. The number of methoxy groups -OCH3 is 1. The topological polar surface area (TPSA) is 113 Å². The monoisotopic (exact) mass is 592 g/mol. The SMILES string of the molecule is COCN1C=C2N=C(C)C=C(SCC3(C(=O)OC(c4ccccc4)c4ccccc4)CS[C@@H]4C(N)C(=O)N4C3)N2N1. The maximum Gasteiger partial charge on any atom is 0.316 e. The van der Waals surface area contributed by atoms with Crippen molar-refractivity contribution in [2.45, 2.75) is 24.4 Å². The van der Waals surface area contributed by atoms with Crippen molar-refractivity contribution in [2.75, 3.05) is 31.9 Å². The molecule has 10 nitrogen and oxygen atoms in total. The molecule has 2 fully saturated rings. The van der Waals surface area contributed by atoms with Crippen molar-refractivity contribution in [3.63, 3.8) is 0 Å². The normalized spacial score (nSPS) is 25.2. The molecule has 0 radical (unpaired) electrons. The zero-order chi connectivity index (χ0) is 28.6. The molecule has 2 saturated heterocycles. The number of nitrogens with one attached hydrogen (secondary N) is 1. The number of hydrogen-bond donors (Lipinski definition) is 2. The number of thioether (sulfide) groups is 2. The van der Waals surface area contributed by atoms with E-state index in [-0.39, 0.29) is 23.8 Å². The van der Waals surface area contributed by atoms with Crippen LogP contribution in [0, 0.1) is 5.41 Å². The van der Waals surface area contributed by atoms with Crippen LogP contribution in [0.3, 0.4) is 0 Å². The van der Waals surface area contributed by atoms with Gasteiger partial charge in [0.2, 0.25) is 5.91 Å². The Morgan fingerprint density at radius 2 is 1.88 bits per heavy atom. The van der Waals surface area contributed by atoms with Crippen molar-refractivity contribution in [1.29, 1.82) is 0 Å². The van der Waals surface area contributed by atoms with E-state index in [1.54, 1.807) is 28.8 Å². The number of aliphatic imine (C=N–C) groups is 1. The zero-order valence-corrected chi connectivity index (χ0v) is 24.4. The first-order valence-electron chi connectivity index (χ1n) is 13.3. The summed E-state index contributed by atoms with van der Waals surface area (Å²) in [5, 5.41) is 4.43. The summed E-state index contributed by atoms with van der Waals surface area (Å²) in [5.74, 6) is 1.15. The number of benzene rings is 2. The van der Waals surface area contributed by atoms with Crippen LogP contribution in [-0.2, 0) is 19.1 Å². The molecule has 0 saturated carbocycles. The molecule has 3 atom stereocenters. The van der Waals surface area contributed by atoms with Gasteiger partial charge in [-0.3, -0.25) is 14.6 Å². The molecule has 4 aliphatic heterocycles. The van der Waals surface area contributed by atoms with Gasteiger partial charge in [-0.05, 0) is 24.1 Å². The van der Waals surface area contributed by atoms with Crippen LogP contribution in [0.15, 0.2) is 88.8 Å². The number of hydrogen-bond acceptors (Lipinski definition) is 11. The van der Waals surface area contributed by atoms with Gasteiger partial charge in [-0.25, -0.2) is 10.0 Å². The van der Waals surface area contributed by atoms with Gasteiger partial charge < -0.3 is 20.1 Å². The van der Waals surface area contributed by atoms with Crippen molar-refractivity contribution in [1.82, 2.24) is 20.5 Å². The minimum absolute atomic E-state index is 0.117. The van der Waals surface area contributed by atoms with E-state index in [4.69, 9.17) is 15.2 Å². The standard InChI is InChI=1S/C29H32N6O4S2/c1-19-13-23(35-22(31-19)14-33(32-35)18-38-2)40-16-29(15-34-26(36)24(30)27(34)41-17-29)28(37)39-25(20-9-5-3-6-10-20)21-11-7-4-8-12-21/h3-14,24-25,27,32H,15-18,30H2,1-2H3/t24?,27-,29?/m1/s1. The highest BCUT2D eigenvalue weighted by atomic mass is 32.2. The van der Waals surface area contributed by atoms with Crippen molar-refractivity contribution >= 4 is 41.1 Å². The van der Waals surface area contributed by atoms with E-state index in [0.29, 0.717) is 18.2 Å².